The van der Waals surface area contributed by atoms with Gasteiger partial charge in [-0.1, -0.05) is 86.6 Å². The molecular formula is C53H34N2O3. The summed E-state index contributed by atoms with van der Waals surface area (Å²) in [4.78, 5) is 4.59. The van der Waals surface area contributed by atoms with Gasteiger partial charge < -0.3 is 23.7 Å². The minimum Gasteiger partial charge on any atom is -0.455 e. The second-order valence-electron chi connectivity index (χ2n) is 16.1. The van der Waals surface area contributed by atoms with Crippen LogP contribution >= 0.6 is 0 Å². The largest absolute Gasteiger partial charge is 0.455 e. The maximum absolute atomic E-state index is 6.86. The summed E-state index contributed by atoms with van der Waals surface area (Å²) in [6.45, 7) is 4.71. The number of fused-ring (bicyclic) bond motifs is 14. The lowest BCUT2D eigenvalue weighted by molar-refractivity contribution is 0.477. The van der Waals surface area contributed by atoms with Crippen LogP contribution in [-0.2, 0) is 5.41 Å². The number of rotatable bonds is 2. The van der Waals surface area contributed by atoms with Crippen molar-refractivity contribution in [3.8, 4) is 34.1 Å². The zero-order chi connectivity index (χ0) is 38.3. The molecule has 13 rings (SSSR count). The molecule has 1 aliphatic carbocycles. The Morgan fingerprint density at radius 3 is 1.47 bits per heavy atom. The van der Waals surface area contributed by atoms with Gasteiger partial charge in [-0.25, -0.2) is 0 Å². The number of furan rings is 1. The molecule has 5 nitrogen and oxygen atoms in total. The third kappa shape index (κ3) is 4.25. The van der Waals surface area contributed by atoms with Crippen LogP contribution in [0.3, 0.4) is 0 Å². The van der Waals surface area contributed by atoms with Gasteiger partial charge in [0.25, 0.3) is 0 Å². The van der Waals surface area contributed by atoms with Gasteiger partial charge >= 0.3 is 0 Å². The van der Waals surface area contributed by atoms with Gasteiger partial charge in [-0.05, 0) is 135 Å². The predicted octanol–water partition coefficient (Wildman–Crippen LogP) is 15.3. The number of para-hydroxylation sites is 8. The van der Waals surface area contributed by atoms with Crippen LogP contribution in [0.5, 0.6) is 23.0 Å². The third-order valence-electron chi connectivity index (χ3n) is 12.5. The molecular weight excluding hydrogens is 713 g/mol. The highest BCUT2D eigenvalue weighted by atomic mass is 16.5. The standard InChI is InChI=1S/C53H34N2O3/c1-53(2)41-30-50-40(38-24-20-32-28-34(22-26-36(32)52(38)58-50)55-44-13-5-9-17-48(44)57-49-18-10-6-14-45(49)55)29-39(41)37-23-19-31-27-33(21-25-35(31)51(37)53)54-42-11-3-7-15-46(42)56-47-16-8-4-12-43(47)54/h3-30H,1-2H3. The summed E-state index contributed by atoms with van der Waals surface area (Å²) in [5.41, 5.74) is 13.1. The maximum Gasteiger partial charge on any atom is 0.151 e. The van der Waals surface area contributed by atoms with E-state index in [4.69, 9.17) is 13.9 Å². The molecule has 0 radical (unpaired) electrons. The van der Waals surface area contributed by atoms with E-state index in [9.17, 15) is 0 Å². The molecule has 9 aromatic carbocycles. The normalized spacial score (nSPS) is 14.4. The van der Waals surface area contributed by atoms with Crippen molar-refractivity contribution in [2.45, 2.75) is 19.3 Å². The summed E-state index contributed by atoms with van der Waals surface area (Å²) < 4.78 is 19.5. The van der Waals surface area contributed by atoms with Gasteiger partial charge in [-0.15, -0.1) is 0 Å². The molecule has 1 aromatic heterocycles. The molecule has 0 N–H and O–H groups in total. The topological polar surface area (TPSA) is 38.1 Å². The minimum absolute atomic E-state index is 0.237. The third-order valence-corrected chi connectivity index (χ3v) is 12.5. The molecule has 58 heavy (non-hydrogen) atoms. The minimum atomic E-state index is -0.237. The molecule has 0 atom stereocenters. The van der Waals surface area contributed by atoms with E-state index in [0.29, 0.717) is 0 Å². The van der Waals surface area contributed by atoms with E-state index in [0.717, 1.165) is 89.8 Å². The average molecular weight is 747 g/mol. The zero-order valence-corrected chi connectivity index (χ0v) is 31.8. The van der Waals surface area contributed by atoms with Crippen molar-refractivity contribution in [1.29, 1.82) is 0 Å². The van der Waals surface area contributed by atoms with Crippen LogP contribution in [0, 0.1) is 0 Å². The van der Waals surface area contributed by atoms with Crippen LogP contribution in [-0.4, -0.2) is 0 Å². The molecule has 3 heterocycles. The maximum atomic E-state index is 6.86. The lowest BCUT2D eigenvalue weighted by Crippen LogP contribution is -2.16. The summed E-state index contributed by atoms with van der Waals surface area (Å²) >= 11 is 0. The van der Waals surface area contributed by atoms with Crippen LogP contribution < -0.4 is 19.3 Å². The van der Waals surface area contributed by atoms with E-state index in [1.54, 1.807) is 0 Å². The molecule has 0 spiro atoms. The monoisotopic (exact) mass is 746 g/mol. The van der Waals surface area contributed by atoms with Crippen molar-refractivity contribution in [2.24, 2.45) is 0 Å². The number of hydrogen-bond acceptors (Lipinski definition) is 5. The molecule has 10 aromatic rings. The van der Waals surface area contributed by atoms with Crippen molar-refractivity contribution in [3.05, 3.63) is 181 Å². The molecule has 5 heteroatoms. The Balaban J connectivity index is 0.923. The Kier molecular flexibility index (Phi) is 6.17. The fraction of sp³-hybridized carbons (Fsp3) is 0.0566. The summed E-state index contributed by atoms with van der Waals surface area (Å²) in [5.74, 6) is 3.39. The van der Waals surface area contributed by atoms with Crippen LogP contribution in [0.15, 0.2) is 174 Å². The summed E-state index contributed by atoms with van der Waals surface area (Å²) in [7, 11) is 0. The van der Waals surface area contributed by atoms with Gasteiger partial charge in [-0.3, -0.25) is 0 Å². The number of ether oxygens (including phenoxy) is 2. The van der Waals surface area contributed by atoms with Gasteiger partial charge in [0.2, 0.25) is 0 Å². The van der Waals surface area contributed by atoms with Crippen molar-refractivity contribution in [1.82, 2.24) is 0 Å². The number of nitrogens with zero attached hydrogens (tertiary/aromatic N) is 2. The van der Waals surface area contributed by atoms with Crippen LogP contribution in [0.4, 0.5) is 34.1 Å². The smallest absolute Gasteiger partial charge is 0.151 e. The molecule has 0 amide bonds. The molecule has 274 valence electrons. The molecule has 3 aliphatic rings. The van der Waals surface area contributed by atoms with Gasteiger partial charge in [0.1, 0.15) is 11.2 Å². The van der Waals surface area contributed by atoms with Crippen LogP contribution in [0.2, 0.25) is 0 Å². The molecule has 0 bridgehead atoms. The molecule has 0 saturated carbocycles. The van der Waals surface area contributed by atoms with Gasteiger partial charge in [0, 0.05) is 32.9 Å². The lowest BCUT2D eigenvalue weighted by atomic mass is 9.80. The first-order chi connectivity index (χ1) is 28.5. The first-order valence-electron chi connectivity index (χ1n) is 19.8. The highest BCUT2D eigenvalue weighted by Crippen LogP contribution is 2.56. The van der Waals surface area contributed by atoms with E-state index < -0.39 is 0 Å². The van der Waals surface area contributed by atoms with Crippen molar-refractivity contribution in [2.75, 3.05) is 9.80 Å². The van der Waals surface area contributed by atoms with Gasteiger partial charge in [0.05, 0.1) is 22.7 Å². The van der Waals surface area contributed by atoms with E-state index >= 15 is 0 Å². The van der Waals surface area contributed by atoms with E-state index in [1.807, 2.05) is 48.5 Å². The number of benzene rings is 9. The molecule has 2 aliphatic heterocycles. The van der Waals surface area contributed by atoms with Gasteiger partial charge in [-0.2, -0.15) is 0 Å². The van der Waals surface area contributed by atoms with Crippen LogP contribution in [0.1, 0.15) is 25.0 Å². The predicted molar refractivity (Wildman–Crippen MR) is 236 cm³/mol. The van der Waals surface area contributed by atoms with E-state index in [-0.39, 0.29) is 5.41 Å². The second-order valence-corrected chi connectivity index (χ2v) is 16.1. The Morgan fingerprint density at radius 2 is 0.897 bits per heavy atom. The summed E-state index contributed by atoms with van der Waals surface area (Å²) in [6, 6.07) is 60.2. The Hall–Kier alpha value is -7.50. The highest BCUT2D eigenvalue weighted by molar-refractivity contribution is 6.17. The van der Waals surface area contributed by atoms with Crippen molar-refractivity contribution >= 4 is 77.6 Å². The quantitative estimate of drug-likeness (QED) is 0.176. The average Bonchev–Trinajstić information content (AvgIpc) is 3.74. The lowest BCUT2D eigenvalue weighted by Gasteiger charge is -2.33. The van der Waals surface area contributed by atoms with Crippen molar-refractivity contribution in [3.63, 3.8) is 0 Å². The van der Waals surface area contributed by atoms with Gasteiger partial charge in [0.15, 0.2) is 23.0 Å². The second kappa shape index (κ2) is 11.3. The van der Waals surface area contributed by atoms with Crippen LogP contribution in [0.25, 0.3) is 54.6 Å². The molecule has 0 fully saturated rings. The number of anilines is 6. The first-order valence-corrected chi connectivity index (χ1v) is 19.8. The fourth-order valence-corrected chi connectivity index (χ4v) is 9.93. The number of hydrogen-bond donors (Lipinski definition) is 0. The molecule has 0 saturated heterocycles. The first kappa shape index (κ1) is 31.7. The Labute approximate surface area is 334 Å². The highest BCUT2D eigenvalue weighted by Gasteiger charge is 2.38. The van der Waals surface area contributed by atoms with E-state index in [2.05, 4.69) is 145 Å². The Bertz CT molecular complexity index is 3320. The zero-order valence-electron chi connectivity index (χ0n) is 31.8. The SMILES string of the molecule is CC1(C)c2cc3oc4c5ccc(N6c7ccccc7Oc7ccccc76)cc5ccc4c3cc2-c2ccc3cc(N4c5ccccc5Oc5ccccc54)ccc3c21. The Morgan fingerprint density at radius 1 is 0.414 bits per heavy atom. The molecule has 0 unspecified atom stereocenters. The van der Waals surface area contributed by atoms with E-state index in [1.165, 1.54) is 33.0 Å². The fourth-order valence-electron chi connectivity index (χ4n) is 9.93. The summed E-state index contributed by atoms with van der Waals surface area (Å²) in [6.07, 6.45) is 0. The van der Waals surface area contributed by atoms with Crippen molar-refractivity contribution < 1.29 is 13.9 Å². The summed E-state index contributed by atoms with van der Waals surface area (Å²) in [5, 5.41) is 6.97.